The second-order valence-corrected chi connectivity index (χ2v) is 38.1. The van der Waals surface area contributed by atoms with E-state index in [1.54, 1.807) is 0 Å². The average molecular weight is 1730 g/mol. The molecule has 2 spiro atoms. The molecule has 0 saturated heterocycles. The van der Waals surface area contributed by atoms with Crippen molar-refractivity contribution < 1.29 is 0 Å². The highest BCUT2D eigenvalue weighted by atomic mass is 15.2. The molecule has 0 amide bonds. The van der Waals surface area contributed by atoms with E-state index in [0.29, 0.717) is 0 Å². The summed E-state index contributed by atoms with van der Waals surface area (Å²) in [5.74, 6) is 0. The summed E-state index contributed by atoms with van der Waals surface area (Å²) >= 11 is 0. The molecular weight excluding hydrogens is 1630 g/mol. The topological polar surface area (TPSA) is 9.72 Å². The molecule has 0 aliphatic heterocycles. The Labute approximate surface area is 791 Å². The van der Waals surface area contributed by atoms with Gasteiger partial charge in [0.25, 0.3) is 0 Å². The van der Waals surface area contributed by atoms with Crippen molar-refractivity contribution in [2.45, 2.75) is 79.6 Å². The van der Waals surface area contributed by atoms with Gasteiger partial charge in [0.05, 0.1) is 10.8 Å². The van der Waals surface area contributed by atoms with Crippen LogP contribution in [-0.2, 0) is 17.3 Å². The highest BCUT2D eigenvalue weighted by Gasteiger charge is 2.54. The van der Waals surface area contributed by atoms with E-state index in [2.05, 4.69) is 514 Å². The first kappa shape index (κ1) is 82.0. The Morgan fingerprint density at radius 2 is 0.370 bits per heavy atom. The molecule has 26 rings (SSSR count). The molecule has 0 atom stereocenters. The molecule has 0 bridgehead atoms. The van der Waals surface area contributed by atoms with Crippen molar-refractivity contribution in [1.82, 2.24) is 0 Å². The summed E-state index contributed by atoms with van der Waals surface area (Å²) in [7, 11) is 0. The molecule has 3 nitrogen and oxygen atoms in total. The Hall–Kier alpha value is -16.2. The second-order valence-electron chi connectivity index (χ2n) is 38.1. The fourth-order valence-corrected chi connectivity index (χ4v) is 23.5. The van der Waals surface area contributed by atoms with Gasteiger partial charge in [-0.3, -0.25) is 0 Å². The molecular formula is C132H101N3. The zero-order chi connectivity index (χ0) is 91.1. The molecule has 4 aliphatic carbocycles. The summed E-state index contributed by atoms with van der Waals surface area (Å²) in [6, 6.07) is 164. The number of nitrogens with zero attached hydrogens (tertiary/aromatic N) is 3. The van der Waals surface area contributed by atoms with Gasteiger partial charge in [-0.25, -0.2) is 0 Å². The summed E-state index contributed by atoms with van der Waals surface area (Å²) < 4.78 is 0. The number of aryl methyl sites for hydroxylation is 9. The van der Waals surface area contributed by atoms with Crippen molar-refractivity contribution in [3.05, 3.63) is 542 Å². The van der Waals surface area contributed by atoms with Gasteiger partial charge in [-0.2, -0.15) is 0 Å². The van der Waals surface area contributed by atoms with Crippen molar-refractivity contribution >= 4 is 116 Å². The molecule has 0 fully saturated rings. The van der Waals surface area contributed by atoms with Crippen LogP contribution >= 0.6 is 0 Å². The van der Waals surface area contributed by atoms with Gasteiger partial charge in [-0.15, -0.1) is 0 Å². The number of hydrogen-bond acceptors (Lipinski definition) is 3. The Morgan fingerprint density at radius 3 is 0.696 bits per heavy atom. The Morgan fingerprint density at radius 1 is 0.141 bits per heavy atom. The number of fused-ring (bicyclic) bond motifs is 32. The Bertz CT molecular complexity index is 8360. The van der Waals surface area contributed by atoms with Crippen LogP contribution in [0.4, 0.5) is 51.2 Å². The minimum absolute atomic E-state index is 0.477. The van der Waals surface area contributed by atoms with E-state index in [1.165, 1.54) is 215 Å². The molecule has 0 saturated carbocycles. The van der Waals surface area contributed by atoms with Gasteiger partial charge >= 0.3 is 0 Å². The standard InChI is InChI=1S/C65H48N2.C52H37N.C15H16/c1-41-15-11-19-45(33-41)66(46-20-12-16-42(2)34-46)49-29-31-53-57(37-49)51-23-5-6-24-52(51)58-39-60-56-32-30-50(67(47-21-13-17-43(3)35-47)48-22-14-18-44(4)36-48)38-63(56)65(64(60)40-59(53)58)61-27-9-7-25-54(61)55-26-8-10-28-62(55)65;1-32-12-10-14-35(26-32)53(36-15-11-13-33(2)27-36)37-23-25-43-47-30-45-39-17-5-4-16-38(39)44-28-34(3)22-24-40(44)46(45)31-51(47)52(50(43)29-37)48-20-8-6-18-41(48)42-19-7-9-21-49(42)52;1-12-5-3-7-14(9-12)11-15-8-4-6-13(2)10-15/h5-40H,1-4H3;4-31H,1-3H3;3-10H,11H2,1-2H3. The zero-order valence-corrected chi connectivity index (χ0v) is 77.6. The largest absolute Gasteiger partial charge is 0.310 e. The van der Waals surface area contributed by atoms with E-state index in [4.69, 9.17) is 0 Å². The van der Waals surface area contributed by atoms with Crippen LogP contribution in [0.5, 0.6) is 0 Å². The van der Waals surface area contributed by atoms with Crippen LogP contribution in [0.3, 0.4) is 0 Å². The average Bonchev–Trinajstić information content (AvgIpc) is 1.50. The van der Waals surface area contributed by atoms with Crippen molar-refractivity contribution in [2.75, 3.05) is 14.7 Å². The zero-order valence-electron chi connectivity index (χ0n) is 77.6. The van der Waals surface area contributed by atoms with Crippen LogP contribution in [0.1, 0.15) is 106 Å². The summed E-state index contributed by atoms with van der Waals surface area (Å²) in [5.41, 5.74) is 44.7. The molecule has 0 radical (unpaired) electrons. The summed E-state index contributed by atoms with van der Waals surface area (Å²) in [6.45, 7) is 19.5. The SMILES string of the molecule is Cc1cccc(Cc2cccc(C)c2)c1.Cc1cccc(N(c2cccc(C)c2)c2ccc3c(c2)C2(c4ccccc4-c4ccccc42)c2cc4c5ccc(C)cc5c5ccccc5c4cc2-3)c1.Cc1cccc(N(c2cccc(C)c2)c2ccc3c(c2)C2(c4ccccc4-c4ccccc42)c2cc4c5ccc(N(c6cccc(C)c6)c6cccc(C)c6)cc5c5ccccc5c4cc2-3)c1. The third-order valence-corrected chi connectivity index (χ3v) is 29.1. The molecule has 644 valence electrons. The van der Waals surface area contributed by atoms with E-state index in [1.807, 2.05) is 0 Å². The number of hydrogen-bond donors (Lipinski definition) is 0. The van der Waals surface area contributed by atoms with E-state index in [9.17, 15) is 0 Å². The first-order chi connectivity index (χ1) is 66.1. The van der Waals surface area contributed by atoms with Gasteiger partial charge in [0.1, 0.15) is 0 Å². The van der Waals surface area contributed by atoms with Crippen LogP contribution in [0, 0.1) is 62.3 Å². The molecule has 0 unspecified atom stereocenters. The van der Waals surface area contributed by atoms with Crippen LogP contribution in [0.15, 0.2) is 437 Å². The highest BCUT2D eigenvalue weighted by Crippen LogP contribution is 2.67. The normalized spacial score (nSPS) is 12.8. The van der Waals surface area contributed by atoms with Gasteiger partial charge < -0.3 is 14.7 Å². The minimum atomic E-state index is -0.544. The van der Waals surface area contributed by atoms with E-state index >= 15 is 0 Å². The predicted octanol–water partition coefficient (Wildman–Crippen LogP) is 35.4. The third-order valence-electron chi connectivity index (χ3n) is 29.1. The van der Waals surface area contributed by atoms with Gasteiger partial charge in [0, 0.05) is 51.2 Å². The van der Waals surface area contributed by atoms with Gasteiger partial charge in [0.2, 0.25) is 0 Å². The van der Waals surface area contributed by atoms with Gasteiger partial charge in [-0.05, 0) is 400 Å². The highest BCUT2D eigenvalue weighted by molar-refractivity contribution is 6.28. The number of benzene rings is 22. The monoisotopic (exact) mass is 1730 g/mol. The third kappa shape index (κ3) is 13.5. The van der Waals surface area contributed by atoms with Crippen LogP contribution in [-0.4, -0.2) is 0 Å². The molecule has 22 aromatic rings. The molecule has 0 heterocycles. The molecule has 0 aromatic heterocycles. The number of anilines is 9. The summed E-state index contributed by atoms with van der Waals surface area (Å²) in [5, 5.41) is 15.4. The molecule has 3 heteroatoms. The smallest absolute Gasteiger partial charge is 0.0726 e. The summed E-state index contributed by atoms with van der Waals surface area (Å²) in [4.78, 5) is 7.28. The van der Waals surface area contributed by atoms with Gasteiger partial charge in [0.15, 0.2) is 0 Å². The fourth-order valence-electron chi connectivity index (χ4n) is 23.5. The minimum Gasteiger partial charge on any atom is -0.310 e. The maximum atomic E-state index is 2.58. The molecule has 4 aliphatic rings. The van der Waals surface area contributed by atoms with Crippen molar-refractivity contribution in [3.63, 3.8) is 0 Å². The Balaban J connectivity index is 0.000000130. The maximum Gasteiger partial charge on any atom is 0.0726 e. The lowest BCUT2D eigenvalue weighted by atomic mass is 9.70. The van der Waals surface area contributed by atoms with E-state index < -0.39 is 10.8 Å². The fraction of sp³-hybridized carbons (Fsp3) is 0.0909. The van der Waals surface area contributed by atoms with Crippen LogP contribution < -0.4 is 14.7 Å². The second kappa shape index (κ2) is 32.7. The lowest BCUT2D eigenvalue weighted by Crippen LogP contribution is -2.26. The summed E-state index contributed by atoms with van der Waals surface area (Å²) in [6.07, 6.45) is 1.03. The van der Waals surface area contributed by atoms with Crippen molar-refractivity contribution in [3.8, 4) is 44.5 Å². The first-order valence-corrected chi connectivity index (χ1v) is 47.5. The maximum absolute atomic E-state index is 2.58. The van der Waals surface area contributed by atoms with Crippen molar-refractivity contribution in [1.29, 1.82) is 0 Å². The predicted molar refractivity (Wildman–Crippen MR) is 573 cm³/mol. The number of rotatable bonds is 11. The van der Waals surface area contributed by atoms with Crippen molar-refractivity contribution in [2.24, 2.45) is 0 Å². The quantitative estimate of drug-likeness (QED) is 0.120. The van der Waals surface area contributed by atoms with Crippen LogP contribution in [0.25, 0.3) is 109 Å². The lowest BCUT2D eigenvalue weighted by molar-refractivity contribution is 0.795. The van der Waals surface area contributed by atoms with E-state index in [-0.39, 0.29) is 0 Å². The molecule has 135 heavy (non-hydrogen) atoms. The first-order valence-electron chi connectivity index (χ1n) is 47.5. The molecule has 22 aromatic carbocycles. The molecule has 0 N–H and O–H groups in total. The van der Waals surface area contributed by atoms with Crippen LogP contribution in [0.2, 0.25) is 0 Å². The van der Waals surface area contributed by atoms with Gasteiger partial charge in [-0.1, -0.05) is 320 Å². The lowest BCUT2D eigenvalue weighted by Gasteiger charge is -2.32. The Kier molecular flexibility index (Phi) is 19.8. The van der Waals surface area contributed by atoms with E-state index in [0.717, 1.165) is 57.6 Å².